The summed E-state index contributed by atoms with van der Waals surface area (Å²) >= 11 is 6.19. The van der Waals surface area contributed by atoms with Crippen molar-refractivity contribution in [1.82, 2.24) is 14.8 Å². The Hall–Kier alpha value is -2.90. The summed E-state index contributed by atoms with van der Waals surface area (Å²) in [5.74, 6) is 0.562. The van der Waals surface area contributed by atoms with Gasteiger partial charge in [-0.05, 0) is 44.2 Å². The zero-order valence-corrected chi connectivity index (χ0v) is 17.0. The Morgan fingerprint density at radius 2 is 1.90 bits per heavy atom. The molecule has 1 fully saturated rings. The number of benzene rings is 1. The minimum atomic E-state index is -0.307. The standard InChI is InChI=1S/C21H22ClN5O2/c1-14-12-26(13-15(2)29-14)20-8-7-16(11-23-20)24-21(28)18-9-10-27(25-18)19-6-4-3-5-17(19)22/h3-11,14-15H,12-13H2,1-2H3,(H,24,28). The van der Waals surface area contributed by atoms with Crippen LogP contribution in [0, 0.1) is 0 Å². The third kappa shape index (κ3) is 4.41. The van der Waals surface area contributed by atoms with Crippen molar-refractivity contribution in [3.05, 3.63) is 65.6 Å². The van der Waals surface area contributed by atoms with Crippen molar-refractivity contribution in [2.75, 3.05) is 23.3 Å². The lowest BCUT2D eigenvalue weighted by atomic mass is 10.2. The highest BCUT2D eigenvalue weighted by atomic mass is 35.5. The summed E-state index contributed by atoms with van der Waals surface area (Å²) in [6.07, 6.45) is 3.68. The van der Waals surface area contributed by atoms with Crippen LogP contribution in [-0.2, 0) is 4.74 Å². The van der Waals surface area contributed by atoms with Gasteiger partial charge in [-0.2, -0.15) is 5.10 Å². The van der Waals surface area contributed by atoms with Gasteiger partial charge in [0.1, 0.15) is 5.82 Å². The number of aromatic nitrogens is 3. The number of ether oxygens (including phenoxy) is 1. The van der Waals surface area contributed by atoms with Crippen LogP contribution in [-0.4, -0.2) is 46.0 Å². The van der Waals surface area contributed by atoms with E-state index in [1.54, 1.807) is 29.2 Å². The number of para-hydroxylation sites is 1. The van der Waals surface area contributed by atoms with Crippen LogP contribution in [0.5, 0.6) is 0 Å². The van der Waals surface area contributed by atoms with Crippen molar-refractivity contribution in [3.63, 3.8) is 0 Å². The molecule has 0 radical (unpaired) electrons. The summed E-state index contributed by atoms with van der Waals surface area (Å²) in [5.41, 5.74) is 1.62. The van der Waals surface area contributed by atoms with Crippen LogP contribution in [0.25, 0.3) is 5.69 Å². The molecule has 4 rings (SSSR count). The number of pyridine rings is 1. The lowest BCUT2D eigenvalue weighted by molar-refractivity contribution is -0.00545. The fourth-order valence-corrected chi connectivity index (χ4v) is 3.65. The topological polar surface area (TPSA) is 72.3 Å². The first kappa shape index (κ1) is 19.4. The number of carbonyl (C=O) groups is 1. The molecule has 8 heteroatoms. The highest BCUT2D eigenvalue weighted by Crippen LogP contribution is 2.21. The van der Waals surface area contributed by atoms with E-state index < -0.39 is 0 Å². The second-order valence-corrected chi connectivity index (χ2v) is 7.53. The van der Waals surface area contributed by atoms with E-state index in [0.29, 0.717) is 22.1 Å². The molecular formula is C21H22ClN5O2. The van der Waals surface area contributed by atoms with Crippen LogP contribution in [0.15, 0.2) is 54.9 Å². The fraction of sp³-hybridized carbons (Fsp3) is 0.286. The average Bonchev–Trinajstić information content (AvgIpc) is 3.18. The van der Waals surface area contributed by atoms with Crippen LogP contribution in [0.3, 0.4) is 0 Å². The van der Waals surface area contributed by atoms with E-state index in [0.717, 1.165) is 18.9 Å². The van der Waals surface area contributed by atoms with Gasteiger partial charge in [0.15, 0.2) is 5.69 Å². The molecule has 29 heavy (non-hydrogen) atoms. The third-order valence-corrected chi connectivity index (χ3v) is 4.99. The Kier molecular flexibility index (Phi) is 5.51. The average molecular weight is 412 g/mol. The Labute approximate surface area is 174 Å². The molecule has 7 nitrogen and oxygen atoms in total. The van der Waals surface area contributed by atoms with E-state index in [1.165, 1.54) is 0 Å². The van der Waals surface area contributed by atoms with Crippen molar-refractivity contribution in [3.8, 4) is 5.69 Å². The molecule has 2 aromatic heterocycles. The van der Waals surface area contributed by atoms with Crippen molar-refractivity contribution >= 4 is 29.0 Å². The second kappa shape index (κ2) is 8.23. The molecule has 150 valence electrons. The van der Waals surface area contributed by atoms with Crippen LogP contribution in [0.2, 0.25) is 5.02 Å². The number of morpholine rings is 1. The van der Waals surface area contributed by atoms with Crippen molar-refractivity contribution in [2.24, 2.45) is 0 Å². The second-order valence-electron chi connectivity index (χ2n) is 7.12. The third-order valence-electron chi connectivity index (χ3n) is 4.67. The van der Waals surface area contributed by atoms with E-state index in [1.807, 2.05) is 30.3 Å². The smallest absolute Gasteiger partial charge is 0.276 e. The maximum atomic E-state index is 12.5. The maximum Gasteiger partial charge on any atom is 0.276 e. The number of nitrogens with zero attached hydrogens (tertiary/aromatic N) is 4. The monoisotopic (exact) mass is 411 g/mol. The summed E-state index contributed by atoms with van der Waals surface area (Å²) in [5, 5.41) is 7.72. The van der Waals surface area contributed by atoms with E-state index in [-0.39, 0.29) is 18.1 Å². The van der Waals surface area contributed by atoms with Crippen LogP contribution in [0.1, 0.15) is 24.3 Å². The van der Waals surface area contributed by atoms with Crippen LogP contribution in [0.4, 0.5) is 11.5 Å². The minimum absolute atomic E-state index is 0.160. The van der Waals surface area contributed by atoms with Gasteiger partial charge in [-0.25, -0.2) is 9.67 Å². The largest absolute Gasteiger partial charge is 0.372 e. The molecule has 0 spiro atoms. The highest BCUT2D eigenvalue weighted by Gasteiger charge is 2.23. The number of hydrogen-bond donors (Lipinski definition) is 1. The van der Waals surface area contributed by atoms with Gasteiger partial charge in [0.05, 0.1) is 34.8 Å². The number of hydrogen-bond acceptors (Lipinski definition) is 5. The van der Waals surface area contributed by atoms with Crippen molar-refractivity contribution in [2.45, 2.75) is 26.1 Å². The number of carbonyl (C=O) groups excluding carboxylic acids is 1. The van der Waals surface area contributed by atoms with Gasteiger partial charge in [0.2, 0.25) is 0 Å². The first-order valence-corrected chi connectivity index (χ1v) is 9.86. The van der Waals surface area contributed by atoms with Crippen molar-refractivity contribution < 1.29 is 9.53 Å². The lowest BCUT2D eigenvalue weighted by Crippen LogP contribution is -2.45. The normalized spacial score (nSPS) is 19.2. The summed E-state index contributed by atoms with van der Waals surface area (Å²) < 4.78 is 7.34. The van der Waals surface area contributed by atoms with Gasteiger partial charge >= 0.3 is 0 Å². The molecule has 0 aliphatic carbocycles. The molecule has 3 heterocycles. The molecule has 0 saturated carbocycles. The van der Waals surface area contributed by atoms with Gasteiger partial charge in [0, 0.05) is 19.3 Å². The van der Waals surface area contributed by atoms with Gasteiger partial charge < -0.3 is 15.0 Å². The molecule has 1 aromatic carbocycles. The molecular weight excluding hydrogens is 390 g/mol. The van der Waals surface area contributed by atoms with Crippen molar-refractivity contribution in [1.29, 1.82) is 0 Å². The molecule has 1 saturated heterocycles. The molecule has 2 atom stereocenters. The van der Waals surface area contributed by atoms with Gasteiger partial charge in [-0.15, -0.1) is 0 Å². The predicted molar refractivity (Wildman–Crippen MR) is 113 cm³/mol. The van der Waals surface area contributed by atoms with Gasteiger partial charge in [-0.1, -0.05) is 23.7 Å². The maximum absolute atomic E-state index is 12.5. The Morgan fingerprint density at radius 1 is 1.14 bits per heavy atom. The summed E-state index contributed by atoms with van der Waals surface area (Å²) in [7, 11) is 0. The zero-order valence-electron chi connectivity index (χ0n) is 16.2. The van der Waals surface area contributed by atoms with Crippen LogP contribution < -0.4 is 10.2 Å². The number of halogens is 1. The SMILES string of the molecule is CC1CN(c2ccc(NC(=O)c3ccn(-c4ccccc4Cl)n3)cn2)CC(C)O1. The molecule has 1 aliphatic heterocycles. The number of rotatable bonds is 4. The highest BCUT2D eigenvalue weighted by molar-refractivity contribution is 6.32. The first-order chi connectivity index (χ1) is 14.0. The first-order valence-electron chi connectivity index (χ1n) is 9.48. The van der Waals surface area contributed by atoms with E-state index in [4.69, 9.17) is 16.3 Å². The fourth-order valence-electron chi connectivity index (χ4n) is 3.42. The number of nitrogens with one attached hydrogen (secondary N) is 1. The molecule has 0 bridgehead atoms. The van der Waals surface area contributed by atoms with E-state index >= 15 is 0 Å². The minimum Gasteiger partial charge on any atom is -0.372 e. The van der Waals surface area contributed by atoms with E-state index in [9.17, 15) is 4.79 Å². The van der Waals surface area contributed by atoms with Crippen LogP contribution >= 0.6 is 11.6 Å². The molecule has 1 aliphatic rings. The van der Waals surface area contributed by atoms with Gasteiger partial charge in [0.25, 0.3) is 5.91 Å². The molecule has 2 unspecified atom stereocenters. The summed E-state index contributed by atoms with van der Waals surface area (Å²) in [4.78, 5) is 19.2. The Balaban J connectivity index is 1.43. The predicted octanol–water partition coefficient (Wildman–Crippen LogP) is 3.79. The zero-order chi connectivity index (χ0) is 20.4. The summed E-state index contributed by atoms with van der Waals surface area (Å²) in [6.45, 7) is 5.70. The Bertz CT molecular complexity index is 994. The molecule has 3 aromatic rings. The molecule has 1 amide bonds. The summed E-state index contributed by atoms with van der Waals surface area (Å²) in [6, 6.07) is 12.7. The quantitative estimate of drug-likeness (QED) is 0.707. The number of amides is 1. The lowest BCUT2D eigenvalue weighted by Gasteiger charge is -2.36. The number of anilines is 2. The van der Waals surface area contributed by atoms with E-state index in [2.05, 4.69) is 34.1 Å². The Morgan fingerprint density at radius 3 is 2.59 bits per heavy atom. The van der Waals surface area contributed by atoms with Gasteiger partial charge in [-0.3, -0.25) is 4.79 Å². The molecule has 1 N–H and O–H groups in total.